The van der Waals surface area contributed by atoms with E-state index < -0.39 is 12.0 Å². The van der Waals surface area contributed by atoms with Crippen molar-refractivity contribution in [1.82, 2.24) is 15.3 Å². The minimum atomic E-state index is -0.855. The summed E-state index contributed by atoms with van der Waals surface area (Å²) in [7, 11) is 1.62. The van der Waals surface area contributed by atoms with Gasteiger partial charge in [-0.05, 0) is 7.05 Å². The number of carboxylic acid groups (broad SMARTS) is 1. The lowest BCUT2D eigenvalue weighted by molar-refractivity contribution is -0.139. The molecule has 0 amide bonds. The zero-order valence-corrected chi connectivity index (χ0v) is 6.74. The van der Waals surface area contributed by atoms with Gasteiger partial charge in [0.25, 0.3) is 0 Å². The van der Waals surface area contributed by atoms with Crippen molar-refractivity contribution in [1.29, 1.82) is 0 Å². The van der Waals surface area contributed by atoms with Crippen LogP contribution in [0.4, 0.5) is 0 Å². The molecule has 0 aliphatic rings. The maximum absolute atomic E-state index is 10.6. The lowest BCUT2D eigenvalue weighted by atomic mass is 10.2. The van der Waals surface area contributed by atoms with E-state index in [1.54, 1.807) is 13.2 Å². The largest absolute Gasteiger partial charge is 0.480 e. The van der Waals surface area contributed by atoms with Gasteiger partial charge in [-0.3, -0.25) is 4.79 Å². The molecular formula is C7H11N3O2. The molecule has 0 unspecified atom stereocenters. The van der Waals surface area contributed by atoms with Gasteiger partial charge in [0.2, 0.25) is 0 Å². The molecule has 0 aliphatic heterocycles. The molecule has 1 rings (SSSR count). The van der Waals surface area contributed by atoms with Gasteiger partial charge < -0.3 is 15.4 Å². The fourth-order valence-electron chi connectivity index (χ4n) is 0.929. The molecule has 1 aromatic heterocycles. The summed E-state index contributed by atoms with van der Waals surface area (Å²) in [6.07, 6.45) is 3.57. The summed E-state index contributed by atoms with van der Waals surface area (Å²) in [6, 6.07) is -0.551. The zero-order valence-electron chi connectivity index (χ0n) is 6.74. The molecule has 0 saturated carbocycles. The molecule has 0 bridgehead atoms. The molecule has 66 valence electrons. The van der Waals surface area contributed by atoms with Gasteiger partial charge in [-0.15, -0.1) is 0 Å². The van der Waals surface area contributed by atoms with Crippen LogP contribution in [0.5, 0.6) is 0 Å². The molecule has 1 atom stereocenters. The van der Waals surface area contributed by atoms with Crippen molar-refractivity contribution < 1.29 is 9.90 Å². The highest BCUT2D eigenvalue weighted by molar-refractivity contribution is 5.73. The topological polar surface area (TPSA) is 78.0 Å². The zero-order chi connectivity index (χ0) is 8.97. The number of aromatic nitrogens is 2. The summed E-state index contributed by atoms with van der Waals surface area (Å²) in [5.74, 6) is -0.855. The van der Waals surface area contributed by atoms with Crippen LogP contribution in [0.1, 0.15) is 5.69 Å². The van der Waals surface area contributed by atoms with Gasteiger partial charge in [-0.25, -0.2) is 4.98 Å². The number of carboxylic acids is 1. The number of H-pyrrole nitrogens is 1. The van der Waals surface area contributed by atoms with E-state index in [4.69, 9.17) is 5.11 Å². The third-order valence-electron chi connectivity index (χ3n) is 1.63. The number of aromatic amines is 1. The molecule has 3 N–H and O–H groups in total. The molecule has 0 spiro atoms. The number of nitrogens with zero attached hydrogens (tertiary/aromatic N) is 1. The van der Waals surface area contributed by atoms with Gasteiger partial charge in [0, 0.05) is 18.3 Å². The van der Waals surface area contributed by atoms with Crippen LogP contribution in [0.15, 0.2) is 12.5 Å². The Balaban J connectivity index is 2.54. The second kappa shape index (κ2) is 3.87. The van der Waals surface area contributed by atoms with E-state index in [0.717, 1.165) is 5.69 Å². The quantitative estimate of drug-likeness (QED) is 0.574. The van der Waals surface area contributed by atoms with Crippen LogP contribution >= 0.6 is 0 Å². The van der Waals surface area contributed by atoms with Crippen molar-refractivity contribution in [2.24, 2.45) is 0 Å². The normalized spacial score (nSPS) is 12.8. The molecule has 1 aromatic rings. The van der Waals surface area contributed by atoms with Crippen molar-refractivity contribution >= 4 is 5.97 Å². The summed E-state index contributed by atoms with van der Waals surface area (Å²) >= 11 is 0. The van der Waals surface area contributed by atoms with Crippen molar-refractivity contribution in [3.63, 3.8) is 0 Å². The van der Waals surface area contributed by atoms with Crippen molar-refractivity contribution in [2.75, 3.05) is 7.05 Å². The minimum absolute atomic E-state index is 0.422. The Hall–Kier alpha value is -1.36. The summed E-state index contributed by atoms with van der Waals surface area (Å²) in [5.41, 5.74) is 0.816. The summed E-state index contributed by atoms with van der Waals surface area (Å²) in [6.45, 7) is 0. The highest BCUT2D eigenvalue weighted by atomic mass is 16.4. The Morgan fingerprint density at radius 3 is 3.08 bits per heavy atom. The number of aliphatic carboxylic acids is 1. The van der Waals surface area contributed by atoms with Gasteiger partial charge >= 0.3 is 5.97 Å². The van der Waals surface area contributed by atoms with Crippen LogP contribution in [0, 0.1) is 0 Å². The predicted octanol–water partition coefficient (Wildman–Crippen LogP) is -0.375. The van der Waals surface area contributed by atoms with Crippen LogP contribution in [0.3, 0.4) is 0 Å². The monoisotopic (exact) mass is 169 g/mol. The number of rotatable bonds is 4. The standard InChI is InChI=1S/C7H11N3O2/c1-8-6(7(11)12)2-5-3-9-4-10-5/h3-4,6,8H,2H2,1H3,(H,9,10)(H,11,12)/t6-/m1/s1. The number of likely N-dealkylation sites (N-methyl/N-ethyl adjacent to an activating group) is 1. The molecule has 0 fully saturated rings. The summed E-state index contributed by atoms with van der Waals surface area (Å²) < 4.78 is 0. The van der Waals surface area contributed by atoms with Crippen LogP contribution in [-0.2, 0) is 11.2 Å². The van der Waals surface area contributed by atoms with Crippen molar-refractivity contribution in [3.8, 4) is 0 Å². The SMILES string of the molecule is CN[C@H](Cc1cnc[nH]1)C(=O)O. The van der Waals surface area contributed by atoms with Crippen molar-refractivity contribution in [3.05, 3.63) is 18.2 Å². The van der Waals surface area contributed by atoms with E-state index in [9.17, 15) is 4.79 Å². The van der Waals surface area contributed by atoms with Gasteiger partial charge in [0.1, 0.15) is 6.04 Å². The molecule has 0 aromatic carbocycles. The number of imidazole rings is 1. The lowest BCUT2D eigenvalue weighted by Crippen LogP contribution is -2.35. The maximum Gasteiger partial charge on any atom is 0.321 e. The third-order valence-corrected chi connectivity index (χ3v) is 1.63. The Labute approximate surface area is 69.8 Å². The van der Waals surface area contributed by atoms with Crippen molar-refractivity contribution in [2.45, 2.75) is 12.5 Å². The molecule has 0 saturated heterocycles. The highest BCUT2D eigenvalue weighted by Crippen LogP contribution is 1.97. The Bertz CT molecular complexity index is 245. The molecule has 5 heteroatoms. The van der Waals surface area contributed by atoms with Gasteiger partial charge in [0.05, 0.1) is 6.33 Å². The van der Waals surface area contributed by atoms with E-state index in [1.807, 2.05) is 0 Å². The Morgan fingerprint density at radius 1 is 1.92 bits per heavy atom. The molecule has 0 aliphatic carbocycles. The van der Waals surface area contributed by atoms with E-state index >= 15 is 0 Å². The van der Waals surface area contributed by atoms with Gasteiger partial charge in [0.15, 0.2) is 0 Å². The highest BCUT2D eigenvalue weighted by Gasteiger charge is 2.15. The van der Waals surface area contributed by atoms with E-state index in [0.29, 0.717) is 6.42 Å². The number of hydrogen-bond donors (Lipinski definition) is 3. The second-order valence-electron chi connectivity index (χ2n) is 2.46. The molecule has 12 heavy (non-hydrogen) atoms. The van der Waals surface area contributed by atoms with Crippen LogP contribution in [0.2, 0.25) is 0 Å². The maximum atomic E-state index is 10.6. The van der Waals surface area contributed by atoms with Crippen LogP contribution in [-0.4, -0.2) is 34.1 Å². The van der Waals surface area contributed by atoms with E-state index in [-0.39, 0.29) is 0 Å². The minimum Gasteiger partial charge on any atom is -0.480 e. The second-order valence-corrected chi connectivity index (χ2v) is 2.46. The molecule has 5 nitrogen and oxygen atoms in total. The van der Waals surface area contributed by atoms with Crippen LogP contribution < -0.4 is 5.32 Å². The first-order chi connectivity index (χ1) is 5.74. The Kier molecular flexibility index (Phi) is 2.82. The van der Waals surface area contributed by atoms with Crippen LogP contribution in [0.25, 0.3) is 0 Å². The smallest absolute Gasteiger partial charge is 0.321 e. The molecule has 0 radical (unpaired) electrons. The predicted molar refractivity (Wildman–Crippen MR) is 42.8 cm³/mol. The average molecular weight is 169 g/mol. The number of carbonyl (C=O) groups is 1. The summed E-state index contributed by atoms with van der Waals surface area (Å²) in [5, 5.41) is 11.4. The Morgan fingerprint density at radius 2 is 2.67 bits per heavy atom. The first-order valence-corrected chi connectivity index (χ1v) is 3.61. The third kappa shape index (κ3) is 2.06. The molecule has 1 heterocycles. The fraction of sp³-hybridized carbons (Fsp3) is 0.429. The number of hydrogen-bond acceptors (Lipinski definition) is 3. The first-order valence-electron chi connectivity index (χ1n) is 3.61. The van der Waals surface area contributed by atoms with Gasteiger partial charge in [-0.2, -0.15) is 0 Å². The average Bonchev–Trinajstić information content (AvgIpc) is 2.51. The summed E-state index contributed by atoms with van der Waals surface area (Å²) in [4.78, 5) is 17.2. The molecular weight excluding hydrogens is 158 g/mol. The first kappa shape index (κ1) is 8.73. The number of nitrogens with one attached hydrogen (secondary N) is 2. The van der Waals surface area contributed by atoms with E-state index in [1.165, 1.54) is 6.33 Å². The fourth-order valence-corrected chi connectivity index (χ4v) is 0.929. The lowest BCUT2D eigenvalue weighted by Gasteiger charge is -2.08. The van der Waals surface area contributed by atoms with E-state index in [2.05, 4.69) is 15.3 Å². The van der Waals surface area contributed by atoms with Gasteiger partial charge in [-0.1, -0.05) is 0 Å².